The summed E-state index contributed by atoms with van der Waals surface area (Å²) in [6.45, 7) is 0.238. The summed E-state index contributed by atoms with van der Waals surface area (Å²) < 4.78 is 6.19. The second kappa shape index (κ2) is 6.07. The molecule has 0 bridgehead atoms. The average Bonchev–Trinajstić information content (AvgIpc) is 2.38. The molecule has 0 heterocycles. The Kier molecular flexibility index (Phi) is 4.44. The first kappa shape index (κ1) is 13.2. The largest absolute Gasteiger partial charge is 0.457 e. The van der Waals surface area contributed by atoms with Gasteiger partial charge in [-0.2, -0.15) is 0 Å². The van der Waals surface area contributed by atoms with Crippen molar-refractivity contribution in [3.05, 3.63) is 64.1 Å². The Labute approximate surface area is 120 Å². The Morgan fingerprint density at radius 1 is 1.11 bits per heavy atom. The van der Waals surface area contributed by atoms with Gasteiger partial charge in [0.1, 0.15) is 6.61 Å². The van der Waals surface area contributed by atoms with Gasteiger partial charge in [-0.1, -0.05) is 46.3 Å². The van der Waals surface area contributed by atoms with Crippen LogP contribution in [0.2, 0.25) is 0 Å². The lowest BCUT2D eigenvalue weighted by molar-refractivity contribution is 0.0468. The average molecular weight is 323 g/mol. The van der Waals surface area contributed by atoms with Gasteiger partial charge in [0.25, 0.3) is 0 Å². The van der Waals surface area contributed by atoms with Crippen LogP contribution in [0.15, 0.2) is 57.9 Å². The van der Waals surface area contributed by atoms with E-state index in [1.54, 1.807) is 18.2 Å². The maximum atomic E-state index is 11.9. The zero-order valence-corrected chi connectivity index (χ0v) is 11.9. The standard InChI is InChI=1S/C14H11BrO2S/c15-12-7-3-1-5-10(12)9-17-14(16)11-6-2-4-8-13(11)18/h1-8,18H,9H2. The van der Waals surface area contributed by atoms with Crippen molar-refractivity contribution in [1.82, 2.24) is 0 Å². The number of hydrogen-bond acceptors (Lipinski definition) is 3. The minimum absolute atomic E-state index is 0.238. The zero-order chi connectivity index (χ0) is 13.0. The van der Waals surface area contributed by atoms with Crippen LogP contribution in [0.1, 0.15) is 15.9 Å². The van der Waals surface area contributed by atoms with Gasteiger partial charge in [-0.15, -0.1) is 12.6 Å². The molecule has 0 amide bonds. The fraction of sp³-hybridized carbons (Fsp3) is 0.0714. The van der Waals surface area contributed by atoms with E-state index in [1.165, 1.54) is 0 Å². The number of esters is 1. The minimum atomic E-state index is -0.364. The van der Waals surface area contributed by atoms with Crippen molar-refractivity contribution in [2.75, 3.05) is 0 Å². The van der Waals surface area contributed by atoms with Crippen LogP contribution in [-0.2, 0) is 11.3 Å². The van der Waals surface area contributed by atoms with Crippen molar-refractivity contribution in [1.29, 1.82) is 0 Å². The monoisotopic (exact) mass is 322 g/mol. The van der Waals surface area contributed by atoms with E-state index in [0.717, 1.165) is 10.0 Å². The summed E-state index contributed by atoms with van der Waals surface area (Å²) in [6, 6.07) is 14.7. The van der Waals surface area contributed by atoms with Gasteiger partial charge >= 0.3 is 5.97 Å². The van der Waals surface area contributed by atoms with Crippen LogP contribution >= 0.6 is 28.6 Å². The van der Waals surface area contributed by atoms with Crippen LogP contribution in [0.3, 0.4) is 0 Å². The number of rotatable bonds is 3. The molecule has 92 valence electrons. The fourth-order valence-corrected chi connectivity index (χ4v) is 2.13. The smallest absolute Gasteiger partial charge is 0.339 e. The quantitative estimate of drug-likeness (QED) is 0.680. The number of benzene rings is 2. The third-order valence-corrected chi connectivity index (χ3v) is 3.60. The first-order chi connectivity index (χ1) is 8.68. The number of ether oxygens (including phenoxy) is 1. The number of halogens is 1. The molecule has 0 N–H and O–H groups in total. The van der Waals surface area contributed by atoms with Crippen molar-refractivity contribution in [3.63, 3.8) is 0 Å². The lowest BCUT2D eigenvalue weighted by atomic mass is 10.2. The molecule has 4 heteroatoms. The predicted molar refractivity (Wildman–Crippen MR) is 77.0 cm³/mol. The van der Waals surface area contributed by atoms with Gasteiger partial charge in [0, 0.05) is 14.9 Å². The molecule has 0 aromatic heterocycles. The van der Waals surface area contributed by atoms with Crippen LogP contribution in [0.5, 0.6) is 0 Å². The molecule has 0 fully saturated rings. The Bertz CT molecular complexity index is 569. The molecule has 0 spiro atoms. The molecule has 0 aliphatic rings. The molecule has 2 aromatic carbocycles. The van der Waals surface area contributed by atoms with E-state index in [1.807, 2.05) is 30.3 Å². The summed E-state index contributed by atoms with van der Waals surface area (Å²) in [5.74, 6) is -0.364. The zero-order valence-electron chi connectivity index (χ0n) is 9.47. The summed E-state index contributed by atoms with van der Waals surface area (Å²) in [6.07, 6.45) is 0. The van der Waals surface area contributed by atoms with E-state index >= 15 is 0 Å². The third kappa shape index (κ3) is 3.15. The molecular weight excluding hydrogens is 312 g/mol. The van der Waals surface area contributed by atoms with Crippen LogP contribution < -0.4 is 0 Å². The fourth-order valence-electron chi connectivity index (χ4n) is 1.48. The maximum absolute atomic E-state index is 11.9. The summed E-state index contributed by atoms with van der Waals surface area (Å²) >= 11 is 7.64. The van der Waals surface area contributed by atoms with Gasteiger partial charge in [-0.3, -0.25) is 0 Å². The van der Waals surface area contributed by atoms with Crippen LogP contribution in [-0.4, -0.2) is 5.97 Å². The molecule has 0 saturated heterocycles. The molecular formula is C14H11BrO2S. The molecule has 0 radical (unpaired) electrons. The highest BCUT2D eigenvalue weighted by Crippen LogP contribution is 2.19. The molecule has 18 heavy (non-hydrogen) atoms. The van der Waals surface area contributed by atoms with Gasteiger partial charge < -0.3 is 4.74 Å². The summed E-state index contributed by atoms with van der Waals surface area (Å²) in [7, 11) is 0. The number of carbonyl (C=O) groups excluding carboxylic acids is 1. The Hall–Kier alpha value is -1.26. The van der Waals surface area contributed by atoms with Gasteiger partial charge in [0.15, 0.2) is 0 Å². The third-order valence-electron chi connectivity index (χ3n) is 2.44. The van der Waals surface area contributed by atoms with Gasteiger partial charge in [-0.05, 0) is 18.2 Å². The highest BCUT2D eigenvalue weighted by Gasteiger charge is 2.10. The summed E-state index contributed by atoms with van der Waals surface area (Å²) in [5.41, 5.74) is 1.41. The highest BCUT2D eigenvalue weighted by atomic mass is 79.9. The summed E-state index contributed by atoms with van der Waals surface area (Å²) in [4.78, 5) is 12.5. The van der Waals surface area contributed by atoms with Crippen molar-refractivity contribution in [2.24, 2.45) is 0 Å². The lowest BCUT2D eigenvalue weighted by Crippen LogP contribution is -2.06. The van der Waals surface area contributed by atoms with Gasteiger partial charge in [-0.25, -0.2) is 4.79 Å². The lowest BCUT2D eigenvalue weighted by Gasteiger charge is -2.07. The van der Waals surface area contributed by atoms with Crippen LogP contribution in [0.4, 0.5) is 0 Å². The second-order valence-electron chi connectivity index (χ2n) is 3.68. The Morgan fingerprint density at radius 2 is 1.78 bits per heavy atom. The van der Waals surface area contributed by atoms with E-state index < -0.39 is 0 Å². The molecule has 2 nitrogen and oxygen atoms in total. The van der Waals surface area contributed by atoms with E-state index in [-0.39, 0.29) is 12.6 Å². The SMILES string of the molecule is O=C(OCc1ccccc1Br)c1ccccc1S. The van der Waals surface area contributed by atoms with Crippen molar-refractivity contribution in [3.8, 4) is 0 Å². The van der Waals surface area contributed by atoms with E-state index in [0.29, 0.717) is 10.5 Å². The molecule has 0 unspecified atom stereocenters. The van der Waals surface area contributed by atoms with Gasteiger partial charge in [0.2, 0.25) is 0 Å². The van der Waals surface area contributed by atoms with Crippen molar-refractivity contribution < 1.29 is 9.53 Å². The van der Waals surface area contributed by atoms with Crippen LogP contribution in [0, 0.1) is 0 Å². The van der Waals surface area contributed by atoms with E-state index in [2.05, 4.69) is 28.6 Å². The molecule has 0 aliphatic carbocycles. The van der Waals surface area contributed by atoms with Gasteiger partial charge in [0.05, 0.1) is 5.56 Å². The number of carbonyl (C=O) groups is 1. The first-order valence-corrected chi connectivity index (χ1v) is 6.61. The number of hydrogen-bond donors (Lipinski definition) is 1. The summed E-state index contributed by atoms with van der Waals surface area (Å²) in [5, 5.41) is 0. The van der Waals surface area contributed by atoms with E-state index in [9.17, 15) is 4.79 Å². The highest BCUT2D eigenvalue weighted by molar-refractivity contribution is 9.10. The van der Waals surface area contributed by atoms with Crippen molar-refractivity contribution in [2.45, 2.75) is 11.5 Å². The van der Waals surface area contributed by atoms with E-state index in [4.69, 9.17) is 4.74 Å². The molecule has 2 rings (SSSR count). The van der Waals surface area contributed by atoms with Crippen LogP contribution in [0.25, 0.3) is 0 Å². The normalized spacial score (nSPS) is 10.1. The second-order valence-corrected chi connectivity index (χ2v) is 5.02. The molecule has 0 saturated carbocycles. The Morgan fingerprint density at radius 3 is 2.50 bits per heavy atom. The first-order valence-electron chi connectivity index (χ1n) is 5.37. The van der Waals surface area contributed by atoms with Crippen molar-refractivity contribution >= 4 is 34.5 Å². The minimum Gasteiger partial charge on any atom is -0.457 e. The molecule has 2 aromatic rings. The molecule has 0 atom stereocenters. The Balaban J connectivity index is 2.06. The number of thiol groups is 1. The molecule has 0 aliphatic heterocycles. The topological polar surface area (TPSA) is 26.3 Å². The predicted octanol–water partition coefficient (Wildman–Crippen LogP) is 4.09. The maximum Gasteiger partial charge on any atom is 0.339 e.